The average molecular weight is 486 g/mol. The number of aromatic nitrogens is 3. The molecule has 4 aromatic rings. The predicted molar refractivity (Wildman–Crippen MR) is 130 cm³/mol. The number of hydrogen-bond acceptors (Lipinski definition) is 8. The summed E-state index contributed by atoms with van der Waals surface area (Å²) in [5, 5.41) is 14.5. The van der Waals surface area contributed by atoms with Crippen LogP contribution in [-0.2, 0) is 10.5 Å². The summed E-state index contributed by atoms with van der Waals surface area (Å²) in [5.74, 6) is 0.209. The number of benzene rings is 2. The molecule has 0 aliphatic heterocycles. The van der Waals surface area contributed by atoms with Gasteiger partial charge >= 0.3 is 0 Å². The van der Waals surface area contributed by atoms with Gasteiger partial charge in [-0.2, -0.15) is 0 Å². The van der Waals surface area contributed by atoms with E-state index in [4.69, 9.17) is 0 Å². The lowest BCUT2D eigenvalue weighted by molar-refractivity contribution is -0.115. The molecule has 0 fully saturated rings. The SMILES string of the molecule is CC(=O)N(c1nc(CSc2nnc(Nc3cccc(F)c3)s2)cs1)c1ccc(C)cc1C. The summed E-state index contributed by atoms with van der Waals surface area (Å²) in [5.41, 5.74) is 4.50. The van der Waals surface area contributed by atoms with Crippen molar-refractivity contribution in [1.82, 2.24) is 15.2 Å². The van der Waals surface area contributed by atoms with Crippen LogP contribution in [0, 0.1) is 19.7 Å². The van der Waals surface area contributed by atoms with Gasteiger partial charge in [-0.15, -0.1) is 21.5 Å². The Morgan fingerprint density at radius 3 is 2.78 bits per heavy atom. The van der Waals surface area contributed by atoms with Crippen molar-refractivity contribution in [2.24, 2.45) is 0 Å². The van der Waals surface area contributed by atoms with Crippen LogP contribution in [0.4, 0.5) is 26.0 Å². The molecule has 6 nitrogen and oxygen atoms in total. The van der Waals surface area contributed by atoms with E-state index in [9.17, 15) is 9.18 Å². The van der Waals surface area contributed by atoms with Crippen LogP contribution in [0.15, 0.2) is 52.2 Å². The third-order valence-corrected chi connectivity index (χ3v) is 7.35. The summed E-state index contributed by atoms with van der Waals surface area (Å²) in [7, 11) is 0. The molecule has 2 heterocycles. The molecule has 0 bridgehead atoms. The van der Waals surface area contributed by atoms with E-state index in [0.29, 0.717) is 21.7 Å². The molecule has 1 N–H and O–H groups in total. The normalized spacial score (nSPS) is 10.9. The number of halogens is 1. The van der Waals surface area contributed by atoms with Gasteiger partial charge in [0.25, 0.3) is 0 Å². The van der Waals surface area contributed by atoms with Gasteiger partial charge in [-0.3, -0.25) is 9.69 Å². The smallest absolute Gasteiger partial charge is 0.230 e. The number of hydrogen-bond donors (Lipinski definition) is 1. The molecular formula is C22H20FN5OS3. The first-order chi connectivity index (χ1) is 15.4. The van der Waals surface area contributed by atoms with Gasteiger partial charge in [-0.25, -0.2) is 9.37 Å². The lowest BCUT2D eigenvalue weighted by atomic mass is 10.1. The van der Waals surface area contributed by atoms with Crippen molar-refractivity contribution < 1.29 is 9.18 Å². The number of anilines is 4. The molecule has 10 heteroatoms. The molecule has 0 saturated heterocycles. The van der Waals surface area contributed by atoms with Crippen molar-refractivity contribution in [2.75, 3.05) is 10.2 Å². The molecule has 2 aromatic heterocycles. The summed E-state index contributed by atoms with van der Waals surface area (Å²) in [6.07, 6.45) is 0. The fourth-order valence-electron chi connectivity index (χ4n) is 3.07. The Hall–Kier alpha value is -2.82. The van der Waals surface area contributed by atoms with Crippen LogP contribution >= 0.6 is 34.4 Å². The minimum Gasteiger partial charge on any atom is -0.330 e. The van der Waals surface area contributed by atoms with Crippen LogP contribution in [0.2, 0.25) is 0 Å². The van der Waals surface area contributed by atoms with E-state index in [-0.39, 0.29) is 11.7 Å². The van der Waals surface area contributed by atoms with E-state index in [1.807, 2.05) is 31.4 Å². The van der Waals surface area contributed by atoms with Crippen LogP contribution in [-0.4, -0.2) is 21.1 Å². The molecule has 0 spiro atoms. The van der Waals surface area contributed by atoms with Crippen molar-refractivity contribution in [3.05, 3.63) is 70.5 Å². The molecule has 0 atom stereocenters. The first-order valence-electron chi connectivity index (χ1n) is 9.70. The third-order valence-electron chi connectivity index (χ3n) is 4.46. The van der Waals surface area contributed by atoms with Crippen LogP contribution in [0.5, 0.6) is 0 Å². The number of thiazole rings is 1. The lowest BCUT2D eigenvalue weighted by Gasteiger charge is -2.20. The standard InChI is InChI=1S/C22H20FN5OS3/c1-13-7-8-19(14(2)9-13)28(15(3)29)21-25-18(11-30-21)12-31-22-27-26-20(32-22)24-17-6-4-5-16(23)10-17/h4-11H,12H2,1-3H3,(H,24,26). The monoisotopic (exact) mass is 485 g/mol. The average Bonchev–Trinajstić information content (AvgIpc) is 3.38. The maximum atomic E-state index is 13.3. The van der Waals surface area contributed by atoms with Gasteiger partial charge in [-0.05, 0) is 43.7 Å². The summed E-state index contributed by atoms with van der Waals surface area (Å²) >= 11 is 4.34. The van der Waals surface area contributed by atoms with E-state index in [1.165, 1.54) is 46.6 Å². The number of thioether (sulfide) groups is 1. The molecule has 1 amide bonds. The molecule has 164 valence electrons. The molecule has 0 aliphatic carbocycles. The van der Waals surface area contributed by atoms with Crippen LogP contribution in [0.3, 0.4) is 0 Å². The van der Waals surface area contributed by atoms with Crippen LogP contribution in [0.1, 0.15) is 23.7 Å². The van der Waals surface area contributed by atoms with E-state index >= 15 is 0 Å². The van der Waals surface area contributed by atoms with Gasteiger partial charge in [0.2, 0.25) is 11.0 Å². The summed E-state index contributed by atoms with van der Waals surface area (Å²) in [6, 6.07) is 12.2. The highest BCUT2D eigenvalue weighted by Gasteiger charge is 2.20. The zero-order chi connectivity index (χ0) is 22.7. The number of nitrogens with zero attached hydrogens (tertiary/aromatic N) is 4. The predicted octanol–water partition coefficient (Wildman–Crippen LogP) is 6.47. The zero-order valence-corrected chi connectivity index (χ0v) is 20.1. The summed E-state index contributed by atoms with van der Waals surface area (Å²) in [6.45, 7) is 5.57. The number of aryl methyl sites for hydroxylation is 2. The van der Waals surface area contributed by atoms with E-state index in [1.54, 1.807) is 24.0 Å². The van der Waals surface area contributed by atoms with E-state index < -0.39 is 0 Å². The number of nitrogens with one attached hydrogen (secondary N) is 1. The number of carbonyl (C=O) groups is 1. The topological polar surface area (TPSA) is 71.0 Å². The van der Waals surface area contributed by atoms with Gasteiger partial charge < -0.3 is 5.32 Å². The highest BCUT2D eigenvalue weighted by molar-refractivity contribution is 8.00. The van der Waals surface area contributed by atoms with Crippen molar-refractivity contribution >= 4 is 62.0 Å². The molecule has 0 unspecified atom stereocenters. The highest BCUT2D eigenvalue weighted by atomic mass is 32.2. The molecule has 32 heavy (non-hydrogen) atoms. The lowest BCUT2D eigenvalue weighted by Crippen LogP contribution is -2.23. The summed E-state index contributed by atoms with van der Waals surface area (Å²) < 4.78 is 14.1. The zero-order valence-electron chi connectivity index (χ0n) is 17.6. The molecule has 4 rings (SSSR count). The minimum atomic E-state index is -0.311. The Labute approximate surface area is 197 Å². The maximum absolute atomic E-state index is 13.3. The van der Waals surface area contributed by atoms with E-state index in [2.05, 4.69) is 26.6 Å². The third kappa shape index (κ3) is 5.32. The Balaban J connectivity index is 1.43. The van der Waals surface area contributed by atoms with E-state index in [0.717, 1.165) is 26.8 Å². The quantitative estimate of drug-likeness (QED) is 0.303. The Morgan fingerprint density at radius 2 is 2.03 bits per heavy atom. The number of carbonyl (C=O) groups excluding carboxylic acids is 1. The number of amides is 1. The maximum Gasteiger partial charge on any atom is 0.230 e. The molecule has 0 radical (unpaired) electrons. The minimum absolute atomic E-state index is 0.0808. The van der Waals surface area contributed by atoms with Gasteiger partial charge in [0, 0.05) is 23.7 Å². The molecule has 0 aliphatic rings. The first kappa shape index (κ1) is 22.4. The van der Waals surface area contributed by atoms with Crippen molar-refractivity contribution in [1.29, 1.82) is 0 Å². The highest BCUT2D eigenvalue weighted by Crippen LogP contribution is 2.34. The fourth-order valence-corrected chi connectivity index (χ4v) is 5.72. The van der Waals surface area contributed by atoms with Crippen molar-refractivity contribution in [3.63, 3.8) is 0 Å². The van der Waals surface area contributed by atoms with Gasteiger partial charge in [0.1, 0.15) is 5.82 Å². The second-order valence-corrected chi connectivity index (χ2v) is 10.1. The first-order valence-corrected chi connectivity index (χ1v) is 12.4. The van der Waals surface area contributed by atoms with Crippen molar-refractivity contribution in [2.45, 2.75) is 30.9 Å². The van der Waals surface area contributed by atoms with Gasteiger partial charge in [0.15, 0.2) is 9.47 Å². The van der Waals surface area contributed by atoms with Gasteiger partial charge in [0.05, 0.1) is 11.4 Å². The fraction of sp³-hybridized carbons (Fsp3) is 0.182. The second kappa shape index (κ2) is 9.76. The largest absolute Gasteiger partial charge is 0.330 e. The van der Waals surface area contributed by atoms with Crippen LogP contribution < -0.4 is 10.2 Å². The Morgan fingerprint density at radius 1 is 1.19 bits per heavy atom. The Bertz CT molecular complexity index is 1260. The Kier molecular flexibility index (Phi) is 6.83. The molecule has 2 aromatic carbocycles. The number of rotatable bonds is 7. The molecule has 0 saturated carbocycles. The second-order valence-electron chi connectivity index (χ2n) is 7.06. The summed E-state index contributed by atoms with van der Waals surface area (Å²) in [4.78, 5) is 18.7. The van der Waals surface area contributed by atoms with Crippen LogP contribution in [0.25, 0.3) is 0 Å². The molecular weight excluding hydrogens is 465 g/mol. The van der Waals surface area contributed by atoms with Crippen molar-refractivity contribution in [3.8, 4) is 0 Å². The van der Waals surface area contributed by atoms with Gasteiger partial charge in [-0.1, -0.05) is 46.9 Å².